The number of para-hydroxylation sites is 1. The lowest BCUT2D eigenvalue weighted by Gasteiger charge is -2.27. The zero-order chi connectivity index (χ0) is 15.4. The molecule has 0 radical (unpaired) electrons. The third kappa shape index (κ3) is 3.67. The number of fused-ring (bicyclic) bond motifs is 1. The Morgan fingerprint density at radius 2 is 2.05 bits per heavy atom. The summed E-state index contributed by atoms with van der Waals surface area (Å²) in [4.78, 5) is 16.9. The fourth-order valence-electron chi connectivity index (χ4n) is 3.34. The summed E-state index contributed by atoms with van der Waals surface area (Å²) in [5.41, 5.74) is 0.964. The molecule has 1 saturated carbocycles. The van der Waals surface area contributed by atoms with Crippen LogP contribution in [-0.4, -0.2) is 10.9 Å². The summed E-state index contributed by atoms with van der Waals surface area (Å²) in [5.74, 6) is 1.17. The maximum Gasteiger partial charge on any atom is 0.229 e. The third-order valence-corrected chi connectivity index (χ3v) is 5.66. The highest BCUT2D eigenvalue weighted by atomic mass is 32.1. The van der Waals surface area contributed by atoms with Gasteiger partial charge in [0.25, 0.3) is 0 Å². The number of carbonyl (C=O) groups is 1. The first-order chi connectivity index (χ1) is 10.8. The number of carbonyl (C=O) groups excluding carboxylic acids is 1. The minimum atomic E-state index is 0.160. The largest absolute Gasteiger partial charge is 0.302 e. The molecule has 0 aliphatic heterocycles. The Morgan fingerprint density at radius 3 is 2.77 bits per heavy atom. The van der Waals surface area contributed by atoms with Gasteiger partial charge in [-0.2, -0.15) is 0 Å². The fraction of sp³-hybridized carbons (Fsp3) is 0.556. The summed E-state index contributed by atoms with van der Waals surface area (Å²) in [6.45, 7) is 2.25. The number of unbranched alkanes of at least 4 members (excludes halogenated alkanes) is 1. The topological polar surface area (TPSA) is 42.0 Å². The molecule has 1 amide bonds. The summed E-state index contributed by atoms with van der Waals surface area (Å²) in [6, 6.07) is 8.01. The van der Waals surface area contributed by atoms with Crippen LogP contribution in [0, 0.1) is 11.8 Å². The van der Waals surface area contributed by atoms with Crippen LogP contribution in [0.5, 0.6) is 0 Å². The minimum Gasteiger partial charge on any atom is -0.302 e. The number of thiazole rings is 1. The number of aromatic nitrogens is 1. The second-order valence-electron chi connectivity index (χ2n) is 6.34. The van der Waals surface area contributed by atoms with Crippen LogP contribution in [-0.2, 0) is 4.79 Å². The van der Waals surface area contributed by atoms with Gasteiger partial charge in [-0.05, 0) is 43.7 Å². The molecule has 1 N–H and O–H groups in total. The molecular weight excluding hydrogens is 292 g/mol. The van der Waals surface area contributed by atoms with Crippen LogP contribution in [0.25, 0.3) is 10.2 Å². The van der Waals surface area contributed by atoms with Gasteiger partial charge in [-0.1, -0.05) is 49.7 Å². The van der Waals surface area contributed by atoms with E-state index in [1.807, 2.05) is 24.3 Å². The van der Waals surface area contributed by atoms with Gasteiger partial charge >= 0.3 is 0 Å². The molecule has 0 saturated heterocycles. The number of anilines is 1. The van der Waals surface area contributed by atoms with Crippen molar-refractivity contribution in [2.24, 2.45) is 11.8 Å². The molecule has 0 spiro atoms. The minimum absolute atomic E-state index is 0.160. The molecule has 22 heavy (non-hydrogen) atoms. The highest BCUT2D eigenvalue weighted by Crippen LogP contribution is 2.33. The van der Waals surface area contributed by atoms with Crippen LogP contribution in [0.3, 0.4) is 0 Å². The van der Waals surface area contributed by atoms with E-state index < -0.39 is 0 Å². The average molecular weight is 316 g/mol. The monoisotopic (exact) mass is 316 g/mol. The summed E-state index contributed by atoms with van der Waals surface area (Å²) in [7, 11) is 0. The smallest absolute Gasteiger partial charge is 0.229 e. The lowest BCUT2D eigenvalue weighted by molar-refractivity contribution is -0.121. The van der Waals surface area contributed by atoms with Gasteiger partial charge in [0.05, 0.1) is 10.2 Å². The second kappa shape index (κ2) is 7.23. The molecule has 1 aromatic carbocycles. The second-order valence-corrected chi connectivity index (χ2v) is 7.37. The first kappa shape index (κ1) is 15.5. The number of nitrogens with zero attached hydrogens (tertiary/aromatic N) is 1. The summed E-state index contributed by atoms with van der Waals surface area (Å²) in [5, 5.41) is 3.76. The molecule has 1 aromatic heterocycles. The van der Waals surface area contributed by atoms with Crippen LogP contribution in [0.2, 0.25) is 0 Å². The standard InChI is InChI=1S/C18H24N2OS/c1-2-3-6-13-9-11-14(12-10-13)17(21)20-18-19-15-7-4-5-8-16(15)22-18/h4-5,7-8,13-14H,2-3,6,9-12H2,1H3,(H,19,20,21). The van der Waals surface area contributed by atoms with Gasteiger partial charge < -0.3 is 5.32 Å². The number of benzene rings is 1. The number of hydrogen-bond donors (Lipinski definition) is 1. The highest BCUT2D eigenvalue weighted by molar-refractivity contribution is 7.22. The van der Waals surface area contributed by atoms with Crippen molar-refractivity contribution in [2.45, 2.75) is 51.9 Å². The number of amides is 1. The molecule has 1 fully saturated rings. The predicted molar refractivity (Wildman–Crippen MR) is 93.2 cm³/mol. The molecule has 0 unspecified atom stereocenters. The molecule has 118 valence electrons. The quantitative estimate of drug-likeness (QED) is 0.820. The van der Waals surface area contributed by atoms with Crippen LogP contribution in [0.1, 0.15) is 51.9 Å². The van der Waals surface area contributed by atoms with E-state index in [1.54, 1.807) is 11.3 Å². The summed E-state index contributed by atoms with van der Waals surface area (Å²) < 4.78 is 1.13. The maximum absolute atomic E-state index is 12.4. The molecule has 1 heterocycles. The van der Waals surface area contributed by atoms with Gasteiger partial charge in [0.1, 0.15) is 0 Å². The zero-order valence-corrected chi connectivity index (χ0v) is 14.0. The summed E-state index contributed by atoms with van der Waals surface area (Å²) >= 11 is 1.56. The molecular formula is C18H24N2OS. The molecule has 4 heteroatoms. The molecule has 1 aliphatic carbocycles. The van der Waals surface area contributed by atoms with Gasteiger partial charge in [-0.3, -0.25) is 4.79 Å². The van der Waals surface area contributed by atoms with Crippen molar-refractivity contribution >= 4 is 32.6 Å². The molecule has 0 atom stereocenters. The van der Waals surface area contributed by atoms with Gasteiger partial charge in [-0.15, -0.1) is 0 Å². The van der Waals surface area contributed by atoms with E-state index in [1.165, 1.54) is 32.1 Å². The van der Waals surface area contributed by atoms with E-state index in [9.17, 15) is 4.79 Å². The van der Waals surface area contributed by atoms with Crippen molar-refractivity contribution in [1.29, 1.82) is 0 Å². The van der Waals surface area contributed by atoms with Crippen LogP contribution in [0.4, 0.5) is 5.13 Å². The lowest BCUT2D eigenvalue weighted by Crippen LogP contribution is -2.27. The van der Waals surface area contributed by atoms with Crippen molar-refractivity contribution in [1.82, 2.24) is 4.98 Å². The van der Waals surface area contributed by atoms with E-state index >= 15 is 0 Å². The Morgan fingerprint density at radius 1 is 1.27 bits per heavy atom. The molecule has 3 rings (SSSR count). The van der Waals surface area contributed by atoms with Crippen LogP contribution < -0.4 is 5.32 Å². The van der Waals surface area contributed by atoms with Gasteiger partial charge in [0, 0.05) is 5.92 Å². The zero-order valence-electron chi connectivity index (χ0n) is 13.2. The van der Waals surface area contributed by atoms with Crippen molar-refractivity contribution in [2.75, 3.05) is 5.32 Å². The molecule has 2 aromatic rings. The Hall–Kier alpha value is -1.42. The maximum atomic E-state index is 12.4. The third-order valence-electron chi connectivity index (χ3n) is 4.71. The van der Waals surface area contributed by atoms with E-state index in [4.69, 9.17) is 0 Å². The SMILES string of the molecule is CCCCC1CCC(C(=O)Nc2nc3ccccc3s2)CC1. The molecule has 0 bridgehead atoms. The van der Waals surface area contributed by atoms with E-state index in [2.05, 4.69) is 17.2 Å². The normalized spacial score (nSPS) is 21.9. The van der Waals surface area contributed by atoms with Crippen LogP contribution >= 0.6 is 11.3 Å². The van der Waals surface area contributed by atoms with Crippen LogP contribution in [0.15, 0.2) is 24.3 Å². The van der Waals surface area contributed by atoms with E-state index in [0.717, 1.165) is 34.1 Å². The van der Waals surface area contributed by atoms with Crippen molar-refractivity contribution in [3.05, 3.63) is 24.3 Å². The first-order valence-corrected chi connectivity index (χ1v) is 9.24. The Kier molecular flexibility index (Phi) is 5.08. The number of rotatable bonds is 5. The summed E-state index contributed by atoms with van der Waals surface area (Å²) in [6.07, 6.45) is 8.42. The Bertz CT molecular complexity index is 596. The van der Waals surface area contributed by atoms with Crippen molar-refractivity contribution in [3.63, 3.8) is 0 Å². The van der Waals surface area contributed by atoms with Gasteiger partial charge in [-0.25, -0.2) is 4.98 Å². The average Bonchev–Trinajstić information content (AvgIpc) is 2.95. The lowest BCUT2D eigenvalue weighted by atomic mass is 9.79. The molecule has 3 nitrogen and oxygen atoms in total. The van der Waals surface area contributed by atoms with Gasteiger partial charge in [0.2, 0.25) is 5.91 Å². The molecule has 1 aliphatic rings. The fourth-order valence-corrected chi connectivity index (χ4v) is 4.21. The van der Waals surface area contributed by atoms with E-state index in [-0.39, 0.29) is 11.8 Å². The van der Waals surface area contributed by atoms with Crippen molar-refractivity contribution in [3.8, 4) is 0 Å². The predicted octanol–water partition coefficient (Wildman–Crippen LogP) is 5.23. The Balaban J connectivity index is 1.54. The van der Waals surface area contributed by atoms with Gasteiger partial charge in [0.15, 0.2) is 5.13 Å². The van der Waals surface area contributed by atoms with E-state index in [0.29, 0.717) is 0 Å². The first-order valence-electron chi connectivity index (χ1n) is 8.42. The number of hydrogen-bond acceptors (Lipinski definition) is 3. The number of nitrogens with one attached hydrogen (secondary N) is 1. The Labute approximate surface area is 136 Å². The highest BCUT2D eigenvalue weighted by Gasteiger charge is 2.26. The van der Waals surface area contributed by atoms with Crippen molar-refractivity contribution < 1.29 is 4.79 Å².